The normalized spacial score (nSPS) is 13.4. The van der Waals surface area contributed by atoms with Crippen LogP contribution in [0.25, 0.3) is 0 Å². The van der Waals surface area contributed by atoms with Gasteiger partial charge in [0.2, 0.25) is 0 Å². The second-order valence-electron chi connectivity index (χ2n) is 7.68. The molecule has 108 valence electrons. The van der Waals surface area contributed by atoms with Gasteiger partial charge in [0, 0.05) is 6.61 Å². The fourth-order valence-corrected chi connectivity index (χ4v) is 1.67. The van der Waals surface area contributed by atoms with Gasteiger partial charge in [-0.3, -0.25) is 0 Å². The molecule has 0 aliphatic rings. The lowest BCUT2D eigenvalue weighted by Crippen LogP contribution is -2.14. The Hall–Kier alpha value is -0.300. The first-order valence-corrected chi connectivity index (χ1v) is 7.43. The van der Waals surface area contributed by atoms with Crippen LogP contribution in [0.3, 0.4) is 0 Å². The van der Waals surface area contributed by atoms with Crippen molar-refractivity contribution < 1.29 is 4.74 Å². The number of ether oxygens (including phenoxy) is 1. The van der Waals surface area contributed by atoms with Crippen LogP contribution in [0.4, 0.5) is 0 Å². The molecule has 1 heteroatoms. The highest BCUT2D eigenvalue weighted by atomic mass is 16.5. The SMILES string of the molecule is CC(C)(C)CCC/C=C\CCCOCC(C)(C)C. The zero-order valence-corrected chi connectivity index (χ0v) is 13.5. The fourth-order valence-electron chi connectivity index (χ4n) is 1.67. The van der Waals surface area contributed by atoms with Gasteiger partial charge in [-0.05, 0) is 42.9 Å². The van der Waals surface area contributed by atoms with Gasteiger partial charge in [-0.1, -0.05) is 53.7 Å². The average molecular weight is 254 g/mol. The first-order valence-electron chi connectivity index (χ1n) is 7.43. The lowest BCUT2D eigenvalue weighted by molar-refractivity contribution is 0.0701. The highest BCUT2D eigenvalue weighted by Gasteiger charge is 2.09. The highest BCUT2D eigenvalue weighted by molar-refractivity contribution is 4.82. The van der Waals surface area contributed by atoms with E-state index in [1.807, 2.05) is 0 Å². The Labute approximate surface area is 115 Å². The van der Waals surface area contributed by atoms with Crippen LogP contribution < -0.4 is 0 Å². The van der Waals surface area contributed by atoms with E-state index in [2.05, 4.69) is 53.7 Å². The van der Waals surface area contributed by atoms with Crippen LogP contribution in [0.2, 0.25) is 0 Å². The standard InChI is InChI=1S/C17H34O/c1-16(2,3)13-11-9-7-8-10-12-14-18-15-17(4,5)6/h7-8H,9-15H2,1-6H3/b8-7-. The van der Waals surface area contributed by atoms with Crippen LogP contribution in [0.5, 0.6) is 0 Å². The maximum Gasteiger partial charge on any atom is 0.0514 e. The molecule has 0 atom stereocenters. The molecule has 0 heterocycles. The molecule has 0 saturated carbocycles. The molecule has 0 bridgehead atoms. The van der Waals surface area contributed by atoms with Gasteiger partial charge in [0.25, 0.3) is 0 Å². The third-order valence-corrected chi connectivity index (χ3v) is 2.66. The molecule has 0 aromatic rings. The third-order valence-electron chi connectivity index (χ3n) is 2.66. The molecule has 0 spiro atoms. The van der Waals surface area contributed by atoms with Crippen LogP contribution in [0, 0.1) is 10.8 Å². The van der Waals surface area contributed by atoms with Gasteiger partial charge in [-0.15, -0.1) is 0 Å². The molecule has 0 rings (SSSR count). The summed E-state index contributed by atoms with van der Waals surface area (Å²) in [6.45, 7) is 15.3. The predicted octanol–water partition coefficient (Wildman–Crippen LogP) is 5.60. The molecule has 0 unspecified atom stereocenters. The smallest absolute Gasteiger partial charge is 0.0514 e. The van der Waals surface area contributed by atoms with Crippen molar-refractivity contribution in [2.24, 2.45) is 10.8 Å². The van der Waals surface area contributed by atoms with Crippen LogP contribution in [-0.2, 0) is 4.74 Å². The van der Waals surface area contributed by atoms with Crippen molar-refractivity contribution >= 4 is 0 Å². The Bertz CT molecular complexity index is 215. The van der Waals surface area contributed by atoms with Gasteiger partial charge in [0.05, 0.1) is 6.61 Å². The highest BCUT2D eigenvalue weighted by Crippen LogP contribution is 2.21. The van der Waals surface area contributed by atoms with Crippen molar-refractivity contribution in [1.29, 1.82) is 0 Å². The first kappa shape index (κ1) is 17.7. The van der Waals surface area contributed by atoms with E-state index < -0.39 is 0 Å². The lowest BCUT2D eigenvalue weighted by atomic mass is 9.90. The largest absolute Gasteiger partial charge is 0.381 e. The van der Waals surface area contributed by atoms with Crippen LogP contribution in [0.1, 0.15) is 73.6 Å². The molecule has 0 aliphatic heterocycles. The van der Waals surface area contributed by atoms with E-state index in [0.29, 0.717) is 10.8 Å². The Morgan fingerprint density at radius 1 is 0.778 bits per heavy atom. The maximum absolute atomic E-state index is 5.64. The maximum atomic E-state index is 5.64. The molecule has 0 saturated heterocycles. The Kier molecular flexibility index (Phi) is 8.60. The molecular formula is C17H34O. The van der Waals surface area contributed by atoms with E-state index in [1.54, 1.807) is 0 Å². The summed E-state index contributed by atoms with van der Waals surface area (Å²) >= 11 is 0. The molecule has 18 heavy (non-hydrogen) atoms. The number of allylic oxidation sites excluding steroid dienone is 2. The molecule has 0 aromatic carbocycles. The molecule has 0 fully saturated rings. The number of unbranched alkanes of at least 4 members (excludes halogenated alkanes) is 2. The zero-order chi connectivity index (χ0) is 14.1. The van der Waals surface area contributed by atoms with Crippen LogP contribution in [-0.4, -0.2) is 13.2 Å². The van der Waals surface area contributed by atoms with E-state index in [-0.39, 0.29) is 0 Å². The lowest BCUT2D eigenvalue weighted by Gasteiger charge is -2.17. The fraction of sp³-hybridized carbons (Fsp3) is 0.882. The predicted molar refractivity (Wildman–Crippen MR) is 82.0 cm³/mol. The average Bonchev–Trinajstić information content (AvgIpc) is 2.17. The van der Waals surface area contributed by atoms with Crippen molar-refractivity contribution in [3.63, 3.8) is 0 Å². The second-order valence-corrected chi connectivity index (χ2v) is 7.68. The van der Waals surface area contributed by atoms with Crippen molar-refractivity contribution in [3.8, 4) is 0 Å². The second kappa shape index (κ2) is 8.74. The van der Waals surface area contributed by atoms with E-state index in [9.17, 15) is 0 Å². The van der Waals surface area contributed by atoms with Crippen molar-refractivity contribution in [1.82, 2.24) is 0 Å². The first-order chi connectivity index (χ1) is 8.21. The number of hydrogen-bond donors (Lipinski definition) is 0. The molecule has 0 N–H and O–H groups in total. The summed E-state index contributed by atoms with van der Waals surface area (Å²) in [7, 11) is 0. The summed E-state index contributed by atoms with van der Waals surface area (Å²) in [5.41, 5.74) is 0.775. The summed E-state index contributed by atoms with van der Waals surface area (Å²) in [4.78, 5) is 0. The quantitative estimate of drug-likeness (QED) is 0.404. The molecule has 0 aromatic heterocycles. The summed E-state index contributed by atoms with van der Waals surface area (Å²) < 4.78 is 5.64. The minimum Gasteiger partial charge on any atom is -0.381 e. The molecule has 0 radical (unpaired) electrons. The van der Waals surface area contributed by atoms with Crippen molar-refractivity contribution in [2.75, 3.05) is 13.2 Å². The van der Waals surface area contributed by atoms with Crippen LogP contribution >= 0.6 is 0 Å². The third kappa shape index (κ3) is 15.7. The minimum atomic E-state index is 0.294. The van der Waals surface area contributed by atoms with Gasteiger partial charge >= 0.3 is 0 Å². The van der Waals surface area contributed by atoms with Crippen molar-refractivity contribution in [2.45, 2.75) is 73.6 Å². The molecular weight excluding hydrogens is 220 g/mol. The van der Waals surface area contributed by atoms with Gasteiger partial charge in [-0.2, -0.15) is 0 Å². The molecule has 1 nitrogen and oxygen atoms in total. The van der Waals surface area contributed by atoms with Gasteiger partial charge in [-0.25, -0.2) is 0 Å². The summed E-state index contributed by atoms with van der Waals surface area (Å²) in [5, 5.41) is 0. The van der Waals surface area contributed by atoms with Gasteiger partial charge < -0.3 is 4.74 Å². The van der Waals surface area contributed by atoms with E-state index in [1.165, 1.54) is 19.3 Å². The summed E-state index contributed by atoms with van der Waals surface area (Å²) in [6, 6.07) is 0. The Morgan fingerprint density at radius 2 is 1.33 bits per heavy atom. The summed E-state index contributed by atoms with van der Waals surface area (Å²) in [6.07, 6.45) is 10.8. The summed E-state index contributed by atoms with van der Waals surface area (Å²) in [5.74, 6) is 0. The van der Waals surface area contributed by atoms with Gasteiger partial charge in [0.15, 0.2) is 0 Å². The van der Waals surface area contributed by atoms with E-state index in [0.717, 1.165) is 26.1 Å². The van der Waals surface area contributed by atoms with Gasteiger partial charge in [0.1, 0.15) is 0 Å². The van der Waals surface area contributed by atoms with Crippen molar-refractivity contribution in [3.05, 3.63) is 12.2 Å². The molecule has 0 amide bonds. The number of rotatable bonds is 8. The minimum absolute atomic E-state index is 0.294. The van der Waals surface area contributed by atoms with E-state index in [4.69, 9.17) is 4.74 Å². The number of hydrogen-bond acceptors (Lipinski definition) is 1. The topological polar surface area (TPSA) is 9.23 Å². The monoisotopic (exact) mass is 254 g/mol. The Balaban J connectivity index is 3.29. The van der Waals surface area contributed by atoms with E-state index >= 15 is 0 Å². The molecule has 0 aliphatic carbocycles. The van der Waals surface area contributed by atoms with Crippen LogP contribution in [0.15, 0.2) is 12.2 Å². The Morgan fingerprint density at radius 3 is 1.83 bits per heavy atom. The zero-order valence-electron chi connectivity index (χ0n) is 13.5.